The van der Waals surface area contributed by atoms with Crippen LogP contribution in [0.2, 0.25) is 5.02 Å². The van der Waals surface area contributed by atoms with Gasteiger partial charge in [-0.05, 0) is 61.0 Å². The lowest BCUT2D eigenvalue weighted by atomic mass is 10.1. The number of halogens is 1. The lowest BCUT2D eigenvalue weighted by molar-refractivity contribution is -0.130. The van der Waals surface area contributed by atoms with Crippen LogP contribution >= 0.6 is 11.6 Å². The summed E-state index contributed by atoms with van der Waals surface area (Å²) in [7, 11) is 0. The minimum Gasteiger partial charge on any atom is -0.492 e. The number of benzene rings is 1. The van der Waals surface area contributed by atoms with Crippen LogP contribution in [0.15, 0.2) is 64.9 Å². The van der Waals surface area contributed by atoms with E-state index in [1.165, 1.54) is 12.3 Å². The van der Waals surface area contributed by atoms with E-state index in [0.29, 0.717) is 35.4 Å². The number of nitrogens with zero attached hydrogens (tertiary/aromatic N) is 2. The molecule has 164 valence electrons. The van der Waals surface area contributed by atoms with Crippen LogP contribution in [0.4, 0.5) is 4.79 Å². The number of furan rings is 1. The molecule has 1 aliphatic heterocycles. The molecule has 1 aromatic carbocycles. The van der Waals surface area contributed by atoms with Crippen molar-refractivity contribution in [1.29, 1.82) is 0 Å². The van der Waals surface area contributed by atoms with Crippen LogP contribution in [0.1, 0.15) is 17.0 Å². The molecule has 4 amide bonds. The first-order valence-corrected chi connectivity index (χ1v) is 10.3. The van der Waals surface area contributed by atoms with Crippen LogP contribution in [0.25, 0.3) is 6.08 Å². The summed E-state index contributed by atoms with van der Waals surface area (Å²) in [6.45, 7) is 2.68. The molecule has 2 aromatic heterocycles. The lowest BCUT2D eigenvalue weighted by Crippen LogP contribution is -2.53. The summed E-state index contributed by atoms with van der Waals surface area (Å²) in [6, 6.07) is 11.5. The van der Waals surface area contributed by atoms with Crippen LogP contribution in [0.3, 0.4) is 0 Å². The molecule has 9 heteroatoms. The minimum absolute atomic E-state index is 0.0718. The van der Waals surface area contributed by atoms with Crippen molar-refractivity contribution in [2.24, 2.45) is 0 Å². The van der Waals surface area contributed by atoms with E-state index in [-0.39, 0.29) is 12.1 Å². The number of hydrogen-bond donors (Lipinski definition) is 1. The molecule has 8 nitrogen and oxygen atoms in total. The quantitative estimate of drug-likeness (QED) is 0.434. The largest absolute Gasteiger partial charge is 0.492 e. The van der Waals surface area contributed by atoms with E-state index in [1.807, 2.05) is 23.8 Å². The van der Waals surface area contributed by atoms with Crippen LogP contribution in [0, 0.1) is 6.92 Å². The molecule has 0 saturated carbocycles. The average Bonchev–Trinajstić information content (AvgIpc) is 3.43. The number of aryl methyl sites for hydroxylation is 1. The first kappa shape index (κ1) is 21.5. The molecule has 3 aromatic rings. The molecule has 0 unspecified atom stereocenters. The summed E-state index contributed by atoms with van der Waals surface area (Å²) in [5.41, 5.74) is 1.42. The summed E-state index contributed by atoms with van der Waals surface area (Å²) in [6.07, 6.45) is 4.73. The van der Waals surface area contributed by atoms with Gasteiger partial charge in [0.25, 0.3) is 11.8 Å². The van der Waals surface area contributed by atoms with Gasteiger partial charge in [-0.1, -0.05) is 11.6 Å². The molecular weight excluding hydrogens is 434 g/mol. The van der Waals surface area contributed by atoms with E-state index in [1.54, 1.807) is 36.4 Å². The van der Waals surface area contributed by atoms with E-state index >= 15 is 0 Å². The van der Waals surface area contributed by atoms with Crippen molar-refractivity contribution >= 4 is 35.5 Å². The van der Waals surface area contributed by atoms with E-state index in [2.05, 4.69) is 5.32 Å². The van der Waals surface area contributed by atoms with E-state index in [9.17, 15) is 14.4 Å². The van der Waals surface area contributed by atoms with Gasteiger partial charge in [0.15, 0.2) is 0 Å². The van der Waals surface area contributed by atoms with Gasteiger partial charge in [0.05, 0.1) is 19.4 Å². The zero-order valence-corrected chi connectivity index (χ0v) is 18.0. The van der Waals surface area contributed by atoms with E-state index in [0.717, 1.165) is 10.5 Å². The summed E-state index contributed by atoms with van der Waals surface area (Å²) in [5, 5.41) is 2.87. The second kappa shape index (κ2) is 9.15. The highest BCUT2D eigenvalue weighted by molar-refractivity contribution is 6.31. The molecule has 0 aliphatic carbocycles. The Bertz CT molecular complexity index is 1200. The Morgan fingerprint density at radius 3 is 2.75 bits per heavy atom. The SMILES string of the molecule is Cc1cc(OCCn2cccc2/C=C2/C(=O)NC(=O)N(Cc3ccco3)C2=O)ccc1Cl. The summed E-state index contributed by atoms with van der Waals surface area (Å²) < 4.78 is 12.8. The fourth-order valence-electron chi connectivity index (χ4n) is 3.27. The Hall–Kier alpha value is -3.78. The topological polar surface area (TPSA) is 93.8 Å². The Morgan fingerprint density at radius 1 is 1.16 bits per heavy atom. The Balaban J connectivity index is 1.47. The predicted octanol–water partition coefficient (Wildman–Crippen LogP) is 3.78. The van der Waals surface area contributed by atoms with Gasteiger partial charge in [-0.2, -0.15) is 0 Å². The molecule has 0 radical (unpaired) electrons. The van der Waals surface area contributed by atoms with Crippen LogP contribution in [-0.2, 0) is 22.7 Å². The predicted molar refractivity (Wildman–Crippen MR) is 117 cm³/mol. The van der Waals surface area contributed by atoms with Gasteiger partial charge in [-0.3, -0.25) is 19.8 Å². The van der Waals surface area contributed by atoms with Gasteiger partial charge < -0.3 is 13.7 Å². The molecule has 1 N–H and O–H groups in total. The van der Waals surface area contributed by atoms with Gasteiger partial charge in [0.1, 0.15) is 23.7 Å². The minimum atomic E-state index is -0.782. The fraction of sp³-hybridized carbons (Fsp3) is 0.174. The number of amides is 4. The highest BCUT2D eigenvalue weighted by atomic mass is 35.5. The maximum atomic E-state index is 12.9. The fourth-order valence-corrected chi connectivity index (χ4v) is 3.39. The number of urea groups is 1. The molecule has 1 saturated heterocycles. The normalized spacial score (nSPS) is 15.4. The molecule has 32 heavy (non-hydrogen) atoms. The molecular formula is C23H20ClN3O5. The second-order valence-electron chi connectivity index (χ2n) is 7.17. The number of aromatic nitrogens is 1. The number of carbonyl (C=O) groups is 3. The van der Waals surface area contributed by atoms with Gasteiger partial charge in [0, 0.05) is 16.9 Å². The molecule has 3 heterocycles. The van der Waals surface area contributed by atoms with Crippen LogP contribution < -0.4 is 10.1 Å². The average molecular weight is 454 g/mol. The number of carbonyl (C=O) groups excluding carboxylic acids is 3. The standard InChI is InChI=1S/C23H20ClN3O5/c1-15-12-17(6-7-20(15)24)32-11-9-26-8-2-4-16(26)13-19-21(28)25-23(30)27(22(19)29)14-18-5-3-10-31-18/h2-8,10,12-13H,9,11,14H2,1H3,(H,25,28,30)/b19-13-. The van der Waals surface area contributed by atoms with Crippen molar-refractivity contribution in [1.82, 2.24) is 14.8 Å². The highest BCUT2D eigenvalue weighted by Gasteiger charge is 2.36. The van der Waals surface area contributed by atoms with Crippen molar-refractivity contribution in [2.45, 2.75) is 20.0 Å². The zero-order chi connectivity index (χ0) is 22.7. The number of barbiturate groups is 1. The van der Waals surface area contributed by atoms with Gasteiger partial charge in [0.2, 0.25) is 0 Å². The van der Waals surface area contributed by atoms with Gasteiger partial charge >= 0.3 is 6.03 Å². The van der Waals surface area contributed by atoms with Crippen LogP contribution in [-0.4, -0.2) is 33.9 Å². The molecule has 0 bridgehead atoms. The van der Waals surface area contributed by atoms with Crippen molar-refractivity contribution in [3.05, 3.63) is 82.5 Å². The number of rotatable bonds is 7. The molecule has 1 aliphatic rings. The summed E-state index contributed by atoms with van der Waals surface area (Å²) >= 11 is 6.04. The molecule has 0 atom stereocenters. The van der Waals surface area contributed by atoms with E-state index in [4.69, 9.17) is 20.8 Å². The molecule has 1 fully saturated rings. The van der Waals surface area contributed by atoms with Crippen molar-refractivity contribution < 1.29 is 23.5 Å². The first-order chi connectivity index (χ1) is 15.4. The Labute approximate surface area is 189 Å². The summed E-state index contributed by atoms with van der Waals surface area (Å²) in [4.78, 5) is 38.3. The third-order valence-electron chi connectivity index (χ3n) is 4.97. The number of ether oxygens (including phenoxy) is 1. The Morgan fingerprint density at radius 2 is 2.00 bits per heavy atom. The van der Waals surface area contributed by atoms with Gasteiger partial charge in [-0.25, -0.2) is 4.79 Å². The second-order valence-corrected chi connectivity index (χ2v) is 7.58. The van der Waals surface area contributed by atoms with Gasteiger partial charge in [-0.15, -0.1) is 0 Å². The third-order valence-corrected chi connectivity index (χ3v) is 5.39. The maximum Gasteiger partial charge on any atom is 0.331 e. The van der Waals surface area contributed by atoms with Crippen molar-refractivity contribution in [3.63, 3.8) is 0 Å². The van der Waals surface area contributed by atoms with E-state index < -0.39 is 17.8 Å². The first-order valence-electron chi connectivity index (χ1n) is 9.88. The molecule has 4 rings (SSSR count). The monoisotopic (exact) mass is 453 g/mol. The zero-order valence-electron chi connectivity index (χ0n) is 17.2. The smallest absolute Gasteiger partial charge is 0.331 e. The Kier molecular flexibility index (Phi) is 6.13. The lowest BCUT2D eigenvalue weighted by Gasteiger charge is -2.25. The van der Waals surface area contributed by atoms with Crippen LogP contribution in [0.5, 0.6) is 5.75 Å². The van der Waals surface area contributed by atoms with Crippen molar-refractivity contribution in [2.75, 3.05) is 6.61 Å². The summed E-state index contributed by atoms with van der Waals surface area (Å²) in [5.74, 6) is -0.292. The number of hydrogen-bond acceptors (Lipinski definition) is 5. The third kappa shape index (κ3) is 4.60. The van der Waals surface area contributed by atoms with Crippen molar-refractivity contribution in [3.8, 4) is 5.75 Å². The molecule has 0 spiro atoms. The number of nitrogens with one attached hydrogen (secondary N) is 1. The highest BCUT2D eigenvalue weighted by Crippen LogP contribution is 2.21. The maximum absolute atomic E-state index is 12.9. The number of imide groups is 2.